The Labute approximate surface area is 174 Å². The Morgan fingerprint density at radius 3 is 1.79 bits per heavy atom. The average Bonchev–Trinajstić information content (AvgIpc) is 2.75. The zero-order chi connectivity index (χ0) is 19.2. The first-order valence-electron chi connectivity index (χ1n) is 9.30. The van der Waals surface area contributed by atoms with Crippen LogP contribution in [-0.4, -0.2) is 4.98 Å². The highest BCUT2D eigenvalue weighted by Gasteiger charge is 2.20. The smallest absolute Gasteiger partial charge is 0.0644 e. The quantitative estimate of drug-likeness (QED) is 0.328. The van der Waals surface area contributed by atoms with E-state index in [-0.39, 0.29) is 5.92 Å². The van der Waals surface area contributed by atoms with Gasteiger partial charge in [0.05, 0.1) is 5.69 Å². The Morgan fingerprint density at radius 2 is 1.25 bits per heavy atom. The molecule has 0 radical (unpaired) electrons. The third-order valence-corrected chi connectivity index (χ3v) is 5.22. The van der Waals surface area contributed by atoms with Crippen molar-refractivity contribution < 1.29 is 0 Å². The lowest BCUT2D eigenvalue weighted by Crippen LogP contribution is -2.05. The van der Waals surface area contributed by atoms with E-state index in [0.717, 1.165) is 10.2 Å². The summed E-state index contributed by atoms with van der Waals surface area (Å²) in [5.74, 6) is 0.116. The number of hydrogen-bond acceptors (Lipinski definition) is 1. The van der Waals surface area contributed by atoms with Gasteiger partial charge in [-0.3, -0.25) is 4.98 Å². The second-order valence-corrected chi connectivity index (χ2v) is 7.53. The molecule has 1 nitrogen and oxygen atoms in total. The van der Waals surface area contributed by atoms with Gasteiger partial charge in [-0.05, 0) is 40.5 Å². The topological polar surface area (TPSA) is 12.9 Å². The third-order valence-electron chi connectivity index (χ3n) is 4.73. The molecule has 0 bridgehead atoms. The predicted molar refractivity (Wildman–Crippen MR) is 121 cm³/mol. The third kappa shape index (κ3) is 4.29. The summed E-state index contributed by atoms with van der Waals surface area (Å²) >= 11 is 3.57. The number of benzene rings is 3. The predicted octanol–water partition coefficient (Wildman–Crippen LogP) is 7.22. The van der Waals surface area contributed by atoms with Gasteiger partial charge in [0.25, 0.3) is 0 Å². The normalized spacial score (nSPS) is 11.6. The van der Waals surface area contributed by atoms with Crippen molar-refractivity contribution in [2.75, 3.05) is 0 Å². The summed E-state index contributed by atoms with van der Waals surface area (Å²) in [5, 5.41) is 0. The fraction of sp³-hybridized carbons (Fsp3) is 0.0385. The summed E-state index contributed by atoms with van der Waals surface area (Å²) in [6.07, 6.45) is 4.03. The second kappa shape index (κ2) is 8.81. The van der Waals surface area contributed by atoms with Gasteiger partial charge in [-0.1, -0.05) is 107 Å². The number of allylic oxidation sites excluding steroid dienone is 1. The molecule has 0 aliphatic rings. The van der Waals surface area contributed by atoms with E-state index in [1.807, 2.05) is 12.3 Å². The van der Waals surface area contributed by atoms with Crippen LogP contribution in [0.1, 0.15) is 28.3 Å². The van der Waals surface area contributed by atoms with Crippen LogP contribution < -0.4 is 0 Å². The summed E-state index contributed by atoms with van der Waals surface area (Å²) < 4.78 is 1.03. The van der Waals surface area contributed by atoms with Crippen LogP contribution in [0.15, 0.2) is 114 Å². The van der Waals surface area contributed by atoms with Gasteiger partial charge in [0.2, 0.25) is 0 Å². The standard InChI is InChI=1S/C26H20BrN/c27-23-16-17-28-24(18-23)19-25(20-10-4-1-5-11-20)26(21-12-6-2-7-13-21)22-14-8-3-9-15-22/h1-19,26H. The van der Waals surface area contributed by atoms with Gasteiger partial charge in [-0.15, -0.1) is 0 Å². The van der Waals surface area contributed by atoms with E-state index >= 15 is 0 Å². The first-order valence-corrected chi connectivity index (χ1v) is 10.1. The van der Waals surface area contributed by atoms with E-state index in [1.165, 1.54) is 22.3 Å². The minimum atomic E-state index is 0.116. The Morgan fingerprint density at radius 1 is 0.714 bits per heavy atom. The molecule has 0 fully saturated rings. The van der Waals surface area contributed by atoms with E-state index in [2.05, 4.69) is 124 Å². The summed E-state index contributed by atoms with van der Waals surface area (Å²) in [5.41, 5.74) is 5.88. The van der Waals surface area contributed by atoms with Crippen LogP contribution in [0, 0.1) is 0 Å². The average molecular weight is 426 g/mol. The van der Waals surface area contributed by atoms with E-state index in [0.29, 0.717) is 0 Å². The van der Waals surface area contributed by atoms with Crippen LogP contribution in [0.4, 0.5) is 0 Å². The molecule has 28 heavy (non-hydrogen) atoms. The fourth-order valence-electron chi connectivity index (χ4n) is 3.47. The lowest BCUT2D eigenvalue weighted by molar-refractivity contribution is 1.05. The summed E-state index contributed by atoms with van der Waals surface area (Å²) in [4.78, 5) is 4.57. The van der Waals surface area contributed by atoms with Crippen molar-refractivity contribution in [1.29, 1.82) is 0 Å². The zero-order valence-electron chi connectivity index (χ0n) is 15.4. The van der Waals surface area contributed by atoms with Crippen LogP contribution >= 0.6 is 15.9 Å². The molecule has 0 spiro atoms. The van der Waals surface area contributed by atoms with E-state index in [9.17, 15) is 0 Å². The highest BCUT2D eigenvalue weighted by Crippen LogP contribution is 2.38. The molecule has 4 aromatic rings. The highest BCUT2D eigenvalue weighted by molar-refractivity contribution is 9.10. The molecule has 0 aliphatic carbocycles. The minimum absolute atomic E-state index is 0.116. The van der Waals surface area contributed by atoms with Gasteiger partial charge in [0.15, 0.2) is 0 Å². The summed E-state index contributed by atoms with van der Waals surface area (Å²) in [6, 6.07) is 35.9. The molecule has 2 heteroatoms. The molecule has 3 aromatic carbocycles. The van der Waals surface area contributed by atoms with Crippen molar-refractivity contribution in [3.63, 3.8) is 0 Å². The van der Waals surface area contributed by atoms with Crippen LogP contribution in [0.2, 0.25) is 0 Å². The fourth-order valence-corrected chi connectivity index (χ4v) is 3.82. The SMILES string of the molecule is Brc1ccnc(C=C(c2ccccc2)C(c2ccccc2)c2ccccc2)c1. The molecule has 0 N–H and O–H groups in total. The zero-order valence-corrected chi connectivity index (χ0v) is 17.0. The van der Waals surface area contributed by atoms with Crippen LogP contribution in [-0.2, 0) is 0 Å². The van der Waals surface area contributed by atoms with Crippen LogP contribution in [0.3, 0.4) is 0 Å². The summed E-state index contributed by atoms with van der Waals surface area (Å²) in [6.45, 7) is 0. The first-order chi connectivity index (χ1) is 13.8. The van der Waals surface area contributed by atoms with Crippen molar-refractivity contribution in [3.05, 3.63) is 136 Å². The van der Waals surface area contributed by atoms with Gasteiger partial charge >= 0.3 is 0 Å². The van der Waals surface area contributed by atoms with E-state index < -0.39 is 0 Å². The van der Waals surface area contributed by atoms with Gasteiger partial charge in [0.1, 0.15) is 0 Å². The van der Waals surface area contributed by atoms with Crippen molar-refractivity contribution in [2.45, 2.75) is 5.92 Å². The van der Waals surface area contributed by atoms with Gasteiger partial charge in [0, 0.05) is 16.6 Å². The Kier molecular flexibility index (Phi) is 5.79. The molecular weight excluding hydrogens is 406 g/mol. The van der Waals surface area contributed by atoms with E-state index in [4.69, 9.17) is 0 Å². The molecule has 4 rings (SSSR count). The molecule has 1 aromatic heterocycles. The van der Waals surface area contributed by atoms with Crippen molar-refractivity contribution in [3.8, 4) is 0 Å². The van der Waals surface area contributed by atoms with Crippen molar-refractivity contribution >= 4 is 27.6 Å². The van der Waals surface area contributed by atoms with Crippen molar-refractivity contribution in [1.82, 2.24) is 4.98 Å². The Balaban J connectivity index is 1.94. The van der Waals surface area contributed by atoms with Gasteiger partial charge in [-0.25, -0.2) is 0 Å². The molecule has 0 amide bonds. The van der Waals surface area contributed by atoms with Crippen LogP contribution in [0.25, 0.3) is 11.6 Å². The van der Waals surface area contributed by atoms with Crippen molar-refractivity contribution in [2.24, 2.45) is 0 Å². The number of aromatic nitrogens is 1. The maximum atomic E-state index is 4.57. The van der Waals surface area contributed by atoms with Gasteiger partial charge in [-0.2, -0.15) is 0 Å². The largest absolute Gasteiger partial charge is 0.257 e. The molecule has 0 aliphatic heterocycles. The monoisotopic (exact) mass is 425 g/mol. The summed E-state index contributed by atoms with van der Waals surface area (Å²) in [7, 11) is 0. The molecule has 0 saturated heterocycles. The first kappa shape index (κ1) is 18.4. The number of nitrogens with zero attached hydrogens (tertiary/aromatic N) is 1. The lowest BCUT2D eigenvalue weighted by atomic mass is 9.81. The maximum absolute atomic E-state index is 4.57. The minimum Gasteiger partial charge on any atom is -0.257 e. The highest BCUT2D eigenvalue weighted by atomic mass is 79.9. The number of hydrogen-bond donors (Lipinski definition) is 0. The maximum Gasteiger partial charge on any atom is 0.0644 e. The molecule has 136 valence electrons. The number of pyridine rings is 1. The Bertz CT molecular complexity index is 1020. The van der Waals surface area contributed by atoms with Gasteiger partial charge < -0.3 is 0 Å². The molecule has 0 unspecified atom stereocenters. The molecule has 0 atom stereocenters. The van der Waals surface area contributed by atoms with Crippen LogP contribution in [0.5, 0.6) is 0 Å². The number of halogens is 1. The lowest BCUT2D eigenvalue weighted by Gasteiger charge is -2.22. The second-order valence-electron chi connectivity index (χ2n) is 6.62. The molecule has 1 heterocycles. The molecule has 0 saturated carbocycles. The Hall–Kier alpha value is -2.97. The van der Waals surface area contributed by atoms with E-state index in [1.54, 1.807) is 0 Å². The molecular formula is C26H20BrN. The number of rotatable bonds is 5.